The number of anilines is 1. The van der Waals surface area contributed by atoms with Gasteiger partial charge in [-0.3, -0.25) is 5.32 Å². The number of carboxylic acids is 1. The number of aliphatic carboxylic acids is 1. The van der Waals surface area contributed by atoms with Gasteiger partial charge >= 0.3 is 12.0 Å². The molecule has 0 spiro atoms. The number of aromatic nitrogens is 3. The molecule has 1 aliphatic rings. The zero-order chi connectivity index (χ0) is 12.3. The Labute approximate surface area is 101 Å². The Bertz CT molecular complexity index is 415. The van der Waals surface area contributed by atoms with Crippen molar-refractivity contribution in [3.05, 3.63) is 0 Å². The lowest BCUT2D eigenvalue weighted by atomic mass is 9.98. The van der Waals surface area contributed by atoms with Crippen LogP contribution in [-0.4, -0.2) is 37.4 Å². The first-order valence-electron chi connectivity index (χ1n) is 5.10. The quantitative estimate of drug-likeness (QED) is 0.723. The number of carboxylic acid groups (broad SMARTS) is 1. The minimum absolute atomic E-state index is 0.237. The number of amides is 2. The maximum Gasteiger partial charge on any atom is 0.329 e. The molecule has 0 unspecified atom stereocenters. The number of hydrogen-bond acceptors (Lipinski definition) is 6. The van der Waals surface area contributed by atoms with Gasteiger partial charge in [-0.15, -0.1) is 0 Å². The number of urea groups is 1. The predicted octanol–water partition coefficient (Wildman–Crippen LogP) is 0.452. The lowest BCUT2D eigenvalue weighted by Crippen LogP contribution is -2.53. The molecule has 0 aliphatic heterocycles. The van der Waals surface area contributed by atoms with Gasteiger partial charge in [-0.2, -0.15) is 0 Å². The van der Waals surface area contributed by atoms with Gasteiger partial charge in [0.15, 0.2) is 0 Å². The fraction of sp³-hybridized carbons (Fsp3) is 0.625. The number of carbonyl (C=O) groups is 2. The molecule has 1 aliphatic carbocycles. The Morgan fingerprint density at radius 3 is 2.59 bits per heavy atom. The summed E-state index contributed by atoms with van der Waals surface area (Å²) < 4.78 is 3.48. The molecule has 92 valence electrons. The van der Waals surface area contributed by atoms with Crippen LogP contribution in [0.25, 0.3) is 0 Å². The molecule has 1 aromatic heterocycles. The first kappa shape index (κ1) is 11.7. The summed E-state index contributed by atoms with van der Waals surface area (Å²) in [5.41, 5.74) is -1.15. The van der Waals surface area contributed by atoms with Crippen molar-refractivity contribution in [1.29, 1.82) is 0 Å². The summed E-state index contributed by atoms with van der Waals surface area (Å²) >= 11 is 0.925. The highest BCUT2D eigenvalue weighted by Gasteiger charge is 2.42. The molecule has 17 heavy (non-hydrogen) atoms. The summed E-state index contributed by atoms with van der Waals surface area (Å²) in [7, 11) is 0. The number of carbonyl (C=O) groups excluding carboxylic acids is 1. The minimum Gasteiger partial charge on any atom is -0.480 e. The van der Waals surface area contributed by atoms with E-state index in [0.29, 0.717) is 12.8 Å². The van der Waals surface area contributed by atoms with E-state index in [4.69, 9.17) is 5.11 Å². The van der Waals surface area contributed by atoms with E-state index in [1.54, 1.807) is 0 Å². The summed E-state index contributed by atoms with van der Waals surface area (Å²) in [4.78, 5) is 22.8. The van der Waals surface area contributed by atoms with E-state index in [9.17, 15) is 9.59 Å². The van der Waals surface area contributed by atoms with Gasteiger partial charge in [-0.1, -0.05) is 22.4 Å². The van der Waals surface area contributed by atoms with Crippen LogP contribution < -0.4 is 10.6 Å². The Balaban J connectivity index is 1.99. The van der Waals surface area contributed by atoms with Crippen LogP contribution in [0.5, 0.6) is 0 Å². The van der Waals surface area contributed by atoms with Crippen molar-refractivity contribution < 1.29 is 14.7 Å². The maximum absolute atomic E-state index is 11.6. The van der Waals surface area contributed by atoms with Crippen molar-refractivity contribution in [3.8, 4) is 0 Å². The molecule has 0 radical (unpaired) electrons. The number of nitrogens with one attached hydrogen (secondary N) is 2. The van der Waals surface area contributed by atoms with Crippen LogP contribution in [0.4, 0.5) is 9.93 Å². The second kappa shape index (κ2) is 4.62. The van der Waals surface area contributed by atoms with Crippen LogP contribution in [0.3, 0.4) is 0 Å². The fourth-order valence-corrected chi connectivity index (χ4v) is 2.26. The van der Waals surface area contributed by atoms with Crippen molar-refractivity contribution in [2.75, 3.05) is 5.32 Å². The van der Waals surface area contributed by atoms with E-state index in [1.165, 1.54) is 0 Å². The Hall–Kier alpha value is -1.77. The third-order valence-corrected chi connectivity index (χ3v) is 3.25. The summed E-state index contributed by atoms with van der Waals surface area (Å²) in [5, 5.41) is 21.1. The van der Waals surface area contributed by atoms with Crippen LogP contribution in [-0.2, 0) is 4.79 Å². The first-order valence-corrected chi connectivity index (χ1v) is 5.87. The largest absolute Gasteiger partial charge is 0.480 e. The summed E-state index contributed by atoms with van der Waals surface area (Å²) in [6.07, 6.45) is 2.49. The van der Waals surface area contributed by atoms with Crippen molar-refractivity contribution in [3.63, 3.8) is 0 Å². The molecule has 2 amide bonds. The maximum atomic E-state index is 11.6. The zero-order valence-electron chi connectivity index (χ0n) is 8.84. The Kier molecular flexibility index (Phi) is 3.18. The van der Waals surface area contributed by atoms with E-state index in [-0.39, 0.29) is 5.13 Å². The van der Waals surface area contributed by atoms with Gasteiger partial charge in [-0.05, 0) is 18.1 Å². The van der Waals surface area contributed by atoms with Gasteiger partial charge < -0.3 is 10.4 Å². The highest BCUT2D eigenvalue weighted by atomic mass is 32.1. The fourth-order valence-electron chi connectivity index (χ4n) is 1.90. The normalized spacial score (nSPS) is 17.6. The lowest BCUT2D eigenvalue weighted by molar-refractivity contribution is -0.144. The van der Waals surface area contributed by atoms with Gasteiger partial charge in [0, 0.05) is 11.5 Å². The monoisotopic (exact) mass is 257 g/mol. The molecule has 0 atom stereocenters. The summed E-state index contributed by atoms with van der Waals surface area (Å²) in [5.74, 6) is -1.000. The molecule has 1 saturated carbocycles. The highest BCUT2D eigenvalue weighted by molar-refractivity contribution is 7.09. The van der Waals surface area contributed by atoms with Gasteiger partial charge in [0.05, 0.1) is 0 Å². The Morgan fingerprint density at radius 2 is 2.06 bits per heavy atom. The lowest BCUT2D eigenvalue weighted by Gasteiger charge is -2.24. The molecule has 8 nitrogen and oxygen atoms in total. The molecular weight excluding hydrogens is 246 g/mol. The van der Waals surface area contributed by atoms with Crippen molar-refractivity contribution in [2.45, 2.75) is 31.2 Å². The topological polar surface area (TPSA) is 117 Å². The minimum atomic E-state index is -1.15. The molecule has 1 aromatic rings. The van der Waals surface area contributed by atoms with Crippen LogP contribution in [0, 0.1) is 0 Å². The van der Waals surface area contributed by atoms with Gasteiger partial charge in [0.25, 0.3) is 0 Å². The summed E-state index contributed by atoms with van der Waals surface area (Å²) in [6.45, 7) is 0. The molecular formula is C8H11N5O3S. The smallest absolute Gasteiger partial charge is 0.329 e. The molecule has 2 rings (SSSR count). The standard InChI is InChI=1S/C8H11N5O3S/c14-5(15)8(3-1-2-4-8)10-6(16)9-7-11-12-13-17-7/h1-4H2,(H,14,15)(H2,9,10,11,13,16). The predicted molar refractivity (Wildman–Crippen MR) is 58.7 cm³/mol. The van der Waals surface area contributed by atoms with E-state index in [2.05, 4.69) is 25.4 Å². The number of hydrogen-bond donors (Lipinski definition) is 3. The number of nitrogens with zero attached hydrogens (tertiary/aromatic N) is 3. The van der Waals surface area contributed by atoms with Crippen LogP contribution >= 0.6 is 11.5 Å². The van der Waals surface area contributed by atoms with E-state index in [0.717, 1.165) is 24.4 Å². The zero-order valence-corrected chi connectivity index (χ0v) is 9.66. The molecule has 1 heterocycles. The number of rotatable bonds is 3. The molecule has 3 N–H and O–H groups in total. The SMILES string of the molecule is O=C(Nc1nnns1)NC1(C(=O)O)CCCC1. The van der Waals surface area contributed by atoms with Crippen LogP contribution in [0.2, 0.25) is 0 Å². The molecule has 1 fully saturated rings. The summed E-state index contributed by atoms with van der Waals surface area (Å²) in [6, 6.07) is -0.590. The third kappa shape index (κ3) is 2.49. The Morgan fingerprint density at radius 1 is 1.35 bits per heavy atom. The second-order valence-electron chi connectivity index (χ2n) is 3.84. The van der Waals surface area contributed by atoms with Crippen LogP contribution in [0.1, 0.15) is 25.7 Å². The van der Waals surface area contributed by atoms with Crippen LogP contribution in [0.15, 0.2) is 0 Å². The highest BCUT2D eigenvalue weighted by Crippen LogP contribution is 2.29. The average molecular weight is 257 g/mol. The van der Waals surface area contributed by atoms with Crippen molar-refractivity contribution in [1.82, 2.24) is 20.1 Å². The van der Waals surface area contributed by atoms with Gasteiger partial charge in [0.1, 0.15) is 5.54 Å². The molecule has 9 heteroatoms. The van der Waals surface area contributed by atoms with Crippen molar-refractivity contribution in [2.24, 2.45) is 0 Å². The third-order valence-electron chi connectivity index (χ3n) is 2.74. The molecule has 0 aromatic carbocycles. The van der Waals surface area contributed by atoms with E-state index >= 15 is 0 Å². The van der Waals surface area contributed by atoms with Crippen molar-refractivity contribution >= 4 is 28.7 Å². The average Bonchev–Trinajstić information content (AvgIpc) is 2.89. The molecule has 0 bridgehead atoms. The first-order chi connectivity index (χ1) is 8.12. The van der Waals surface area contributed by atoms with E-state index in [1.807, 2.05) is 0 Å². The van der Waals surface area contributed by atoms with Gasteiger partial charge in [-0.25, -0.2) is 9.59 Å². The van der Waals surface area contributed by atoms with E-state index < -0.39 is 17.5 Å². The molecule has 0 saturated heterocycles. The van der Waals surface area contributed by atoms with Gasteiger partial charge in [0.2, 0.25) is 5.13 Å². The second-order valence-corrected chi connectivity index (χ2v) is 4.57.